The number of hydrogen-bond donors (Lipinski definition) is 0. The van der Waals surface area contributed by atoms with Gasteiger partial charge in [0.1, 0.15) is 11.6 Å². The Balaban J connectivity index is 2.37. The lowest BCUT2D eigenvalue weighted by Gasteiger charge is -2.17. The highest BCUT2D eigenvalue weighted by Gasteiger charge is 2.16. The van der Waals surface area contributed by atoms with Gasteiger partial charge in [-0.05, 0) is 25.0 Å². The molecule has 0 spiro atoms. The van der Waals surface area contributed by atoms with Gasteiger partial charge in [0.05, 0.1) is 5.56 Å². The molecule has 0 bridgehead atoms. The molecule has 0 N–H and O–H groups in total. The number of rotatable bonds is 2. The van der Waals surface area contributed by atoms with Crippen LogP contribution in [0.5, 0.6) is 0 Å². The fraction of sp³-hybridized carbons (Fsp3) is 0.364. The van der Waals surface area contributed by atoms with Crippen molar-refractivity contribution in [2.75, 3.05) is 18.0 Å². The van der Waals surface area contributed by atoms with Crippen molar-refractivity contribution in [2.24, 2.45) is 0 Å². The molecule has 0 radical (unpaired) electrons. The molecular formula is C11H11F2NO. The number of halogens is 2. The van der Waals surface area contributed by atoms with Crippen molar-refractivity contribution in [3.05, 3.63) is 29.3 Å². The minimum atomic E-state index is -0.785. The molecule has 0 amide bonds. The molecule has 80 valence electrons. The van der Waals surface area contributed by atoms with E-state index in [0.717, 1.165) is 25.9 Å². The van der Waals surface area contributed by atoms with E-state index in [1.54, 1.807) is 0 Å². The summed E-state index contributed by atoms with van der Waals surface area (Å²) >= 11 is 0. The Bertz CT molecular complexity index is 363. The molecule has 0 aliphatic carbocycles. The molecule has 2 rings (SSSR count). The fourth-order valence-corrected chi connectivity index (χ4v) is 1.84. The van der Waals surface area contributed by atoms with Crippen molar-refractivity contribution in [3.8, 4) is 0 Å². The monoisotopic (exact) mass is 211 g/mol. The Morgan fingerprint density at radius 3 is 2.13 bits per heavy atom. The SMILES string of the molecule is O=Cc1c(F)cc(N2CCCC2)cc1F. The lowest BCUT2D eigenvalue weighted by atomic mass is 10.2. The molecule has 2 nitrogen and oxygen atoms in total. The predicted octanol–water partition coefficient (Wildman–Crippen LogP) is 2.38. The maximum atomic E-state index is 13.3. The van der Waals surface area contributed by atoms with Crippen molar-refractivity contribution in [1.29, 1.82) is 0 Å². The summed E-state index contributed by atoms with van der Waals surface area (Å²) in [7, 11) is 0. The largest absolute Gasteiger partial charge is 0.371 e. The van der Waals surface area contributed by atoms with Gasteiger partial charge in [0.25, 0.3) is 0 Å². The second-order valence-electron chi connectivity index (χ2n) is 3.64. The maximum Gasteiger partial charge on any atom is 0.155 e. The van der Waals surface area contributed by atoms with Crippen LogP contribution in [-0.2, 0) is 0 Å². The van der Waals surface area contributed by atoms with E-state index in [1.165, 1.54) is 12.1 Å². The van der Waals surface area contributed by atoms with E-state index in [-0.39, 0.29) is 6.29 Å². The van der Waals surface area contributed by atoms with E-state index >= 15 is 0 Å². The quantitative estimate of drug-likeness (QED) is 0.700. The lowest BCUT2D eigenvalue weighted by Crippen LogP contribution is -2.18. The zero-order valence-corrected chi connectivity index (χ0v) is 8.17. The third-order valence-corrected chi connectivity index (χ3v) is 2.65. The molecule has 4 heteroatoms. The van der Waals surface area contributed by atoms with Crippen LogP contribution in [0.1, 0.15) is 23.2 Å². The molecule has 1 saturated heterocycles. The summed E-state index contributed by atoms with van der Waals surface area (Å²) in [5.74, 6) is -1.57. The Morgan fingerprint density at radius 2 is 1.67 bits per heavy atom. The smallest absolute Gasteiger partial charge is 0.155 e. The summed E-state index contributed by atoms with van der Waals surface area (Å²) in [4.78, 5) is 12.3. The number of hydrogen-bond acceptors (Lipinski definition) is 2. The highest BCUT2D eigenvalue weighted by Crippen LogP contribution is 2.24. The van der Waals surface area contributed by atoms with Gasteiger partial charge in [-0.1, -0.05) is 0 Å². The molecule has 1 aliphatic rings. The number of benzene rings is 1. The van der Waals surface area contributed by atoms with Gasteiger partial charge in [-0.3, -0.25) is 4.79 Å². The van der Waals surface area contributed by atoms with E-state index in [2.05, 4.69) is 0 Å². The first-order valence-electron chi connectivity index (χ1n) is 4.91. The fourth-order valence-electron chi connectivity index (χ4n) is 1.84. The third-order valence-electron chi connectivity index (χ3n) is 2.65. The predicted molar refractivity (Wildman–Crippen MR) is 53.2 cm³/mol. The summed E-state index contributed by atoms with van der Waals surface area (Å²) in [6, 6.07) is 2.44. The van der Waals surface area contributed by atoms with Gasteiger partial charge >= 0.3 is 0 Å². The molecule has 1 heterocycles. The second kappa shape index (κ2) is 3.96. The molecule has 0 atom stereocenters. The summed E-state index contributed by atoms with van der Waals surface area (Å²) in [5.41, 5.74) is 0.0334. The lowest BCUT2D eigenvalue weighted by molar-refractivity contribution is 0.111. The van der Waals surface area contributed by atoms with Gasteiger partial charge in [0.2, 0.25) is 0 Å². The number of aldehydes is 1. The molecular weight excluding hydrogens is 200 g/mol. The van der Waals surface area contributed by atoms with Crippen LogP contribution in [0.15, 0.2) is 12.1 Å². The van der Waals surface area contributed by atoms with Gasteiger partial charge in [-0.15, -0.1) is 0 Å². The summed E-state index contributed by atoms with van der Waals surface area (Å²) in [5, 5.41) is 0. The molecule has 0 saturated carbocycles. The number of carbonyl (C=O) groups excluding carboxylic acids is 1. The maximum absolute atomic E-state index is 13.3. The second-order valence-corrected chi connectivity index (χ2v) is 3.64. The minimum absolute atomic E-state index is 0.207. The molecule has 0 aromatic heterocycles. The molecule has 15 heavy (non-hydrogen) atoms. The van der Waals surface area contributed by atoms with E-state index in [1.807, 2.05) is 4.90 Å². The number of nitrogens with zero attached hydrogens (tertiary/aromatic N) is 1. The van der Waals surface area contributed by atoms with E-state index < -0.39 is 17.2 Å². The van der Waals surface area contributed by atoms with E-state index in [4.69, 9.17) is 0 Å². The first-order valence-corrected chi connectivity index (χ1v) is 4.91. The number of anilines is 1. The van der Waals surface area contributed by atoms with Gasteiger partial charge in [0.15, 0.2) is 6.29 Å². The normalized spacial score (nSPS) is 15.7. The van der Waals surface area contributed by atoms with Crippen molar-refractivity contribution in [2.45, 2.75) is 12.8 Å². The summed E-state index contributed by atoms with van der Waals surface area (Å²) in [6.45, 7) is 1.64. The van der Waals surface area contributed by atoms with Crippen molar-refractivity contribution < 1.29 is 13.6 Å². The molecule has 1 aromatic carbocycles. The average Bonchev–Trinajstić information content (AvgIpc) is 2.69. The summed E-state index contributed by atoms with van der Waals surface area (Å²) < 4.78 is 26.5. The van der Waals surface area contributed by atoms with Gasteiger partial charge in [-0.25, -0.2) is 8.78 Å². The van der Waals surface area contributed by atoms with Gasteiger partial charge in [-0.2, -0.15) is 0 Å². The average molecular weight is 211 g/mol. The van der Waals surface area contributed by atoms with Crippen LogP contribution >= 0.6 is 0 Å². The highest BCUT2D eigenvalue weighted by atomic mass is 19.1. The van der Waals surface area contributed by atoms with Crippen molar-refractivity contribution >= 4 is 12.0 Å². The Kier molecular flexibility index (Phi) is 2.66. The van der Waals surface area contributed by atoms with Crippen LogP contribution in [0, 0.1) is 11.6 Å². The van der Waals surface area contributed by atoms with Gasteiger partial charge < -0.3 is 4.90 Å². The van der Waals surface area contributed by atoms with Crippen molar-refractivity contribution in [3.63, 3.8) is 0 Å². The van der Waals surface area contributed by atoms with Crippen LogP contribution in [0.2, 0.25) is 0 Å². The van der Waals surface area contributed by atoms with Crippen molar-refractivity contribution in [1.82, 2.24) is 0 Å². The third kappa shape index (κ3) is 1.84. The molecule has 0 unspecified atom stereocenters. The van der Waals surface area contributed by atoms with Crippen LogP contribution in [0.3, 0.4) is 0 Å². The van der Waals surface area contributed by atoms with E-state index in [9.17, 15) is 13.6 Å². The van der Waals surface area contributed by atoms with Crippen LogP contribution in [0.4, 0.5) is 14.5 Å². The topological polar surface area (TPSA) is 20.3 Å². The molecule has 1 aromatic rings. The zero-order valence-electron chi connectivity index (χ0n) is 8.17. The first kappa shape index (κ1) is 10.1. The van der Waals surface area contributed by atoms with Crippen LogP contribution in [-0.4, -0.2) is 19.4 Å². The minimum Gasteiger partial charge on any atom is -0.371 e. The Labute approximate surface area is 86.5 Å². The zero-order chi connectivity index (χ0) is 10.8. The summed E-state index contributed by atoms with van der Waals surface area (Å²) in [6.07, 6.45) is 2.29. The first-order chi connectivity index (χ1) is 7.22. The van der Waals surface area contributed by atoms with Crippen LogP contribution < -0.4 is 4.90 Å². The Morgan fingerprint density at radius 1 is 1.13 bits per heavy atom. The van der Waals surface area contributed by atoms with E-state index in [0.29, 0.717) is 5.69 Å². The van der Waals surface area contributed by atoms with Gasteiger partial charge in [0, 0.05) is 18.8 Å². The number of carbonyl (C=O) groups is 1. The Hall–Kier alpha value is -1.45. The van der Waals surface area contributed by atoms with Crippen LogP contribution in [0.25, 0.3) is 0 Å². The standard InChI is InChI=1S/C11H11F2NO/c12-10-5-8(14-3-1-2-4-14)6-11(13)9(10)7-15/h5-7H,1-4H2. The molecule has 1 aliphatic heterocycles. The molecule has 1 fully saturated rings. The highest BCUT2D eigenvalue weighted by molar-refractivity contribution is 5.76.